The van der Waals surface area contributed by atoms with Gasteiger partial charge in [0.1, 0.15) is 16.5 Å². The van der Waals surface area contributed by atoms with Crippen LogP contribution in [-0.4, -0.2) is 61.3 Å². The second kappa shape index (κ2) is 9.95. The Morgan fingerprint density at radius 3 is 2.38 bits per heavy atom. The summed E-state index contributed by atoms with van der Waals surface area (Å²) in [5.41, 5.74) is 0.802. The first-order chi connectivity index (χ1) is 16.1. The van der Waals surface area contributed by atoms with Crippen LogP contribution in [0.1, 0.15) is 37.8 Å². The van der Waals surface area contributed by atoms with Gasteiger partial charge >= 0.3 is 6.36 Å². The summed E-state index contributed by atoms with van der Waals surface area (Å²) in [6.45, 7) is 2.80. The van der Waals surface area contributed by atoms with Crippen molar-refractivity contribution >= 4 is 21.8 Å². The standard InChI is InChI=1S/C22H28F3N5O3S/c1-16-15-20(28-21(26-16)27-17-7-3-2-4-8-17)29-11-13-30(14-12-29)34(31,32)19-10-6-5-9-18(19)33-22(23,24)25/h5-6,9-10,15,17H,2-4,7-8,11-14H2,1H3,(H,26,27,28). The molecule has 1 aliphatic heterocycles. The summed E-state index contributed by atoms with van der Waals surface area (Å²) >= 11 is 0. The maximum absolute atomic E-state index is 13.1. The van der Waals surface area contributed by atoms with Crippen molar-refractivity contribution in [3.63, 3.8) is 0 Å². The van der Waals surface area contributed by atoms with Crippen molar-refractivity contribution in [1.29, 1.82) is 0 Å². The van der Waals surface area contributed by atoms with Gasteiger partial charge in [-0.2, -0.15) is 9.29 Å². The highest BCUT2D eigenvalue weighted by molar-refractivity contribution is 7.89. The van der Waals surface area contributed by atoms with E-state index in [9.17, 15) is 21.6 Å². The number of aromatic nitrogens is 2. The average Bonchev–Trinajstić information content (AvgIpc) is 2.79. The van der Waals surface area contributed by atoms with E-state index in [0.29, 0.717) is 30.9 Å². The molecule has 1 N–H and O–H groups in total. The zero-order chi connectivity index (χ0) is 24.3. The molecule has 8 nitrogen and oxygen atoms in total. The van der Waals surface area contributed by atoms with Crippen molar-refractivity contribution < 1.29 is 26.3 Å². The number of nitrogens with one attached hydrogen (secondary N) is 1. The molecule has 1 aliphatic carbocycles. The summed E-state index contributed by atoms with van der Waals surface area (Å²) in [4.78, 5) is 10.6. The molecule has 34 heavy (non-hydrogen) atoms. The second-order valence-electron chi connectivity index (χ2n) is 8.56. The average molecular weight is 500 g/mol. The third kappa shape index (κ3) is 5.90. The predicted molar refractivity (Wildman–Crippen MR) is 121 cm³/mol. The highest BCUT2D eigenvalue weighted by atomic mass is 32.2. The van der Waals surface area contributed by atoms with Gasteiger partial charge in [0.2, 0.25) is 16.0 Å². The lowest BCUT2D eigenvalue weighted by Crippen LogP contribution is -2.49. The van der Waals surface area contributed by atoms with Gasteiger partial charge in [-0.25, -0.2) is 13.4 Å². The topological polar surface area (TPSA) is 87.7 Å². The summed E-state index contributed by atoms with van der Waals surface area (Å²) in [6, 6.07) is 7.00. The van der Waals surface area contributed by atoms with E-state index < -0.39 is 27.0 Å². The minimum absolute atomic E-state index is 0.108. The number of ether oxygens (including phenoxy) is 1. The van der Waals surface area contributed by atoms with E-state index in [1.807, 2.05) is 17.9 Å². The smallest absolute Gasteiger partial charge is 0.404 e. The van der Waals surface area contributed by atoms with E-state index in [4.69, 9.17) is 0 Å². The molecule has 1 saturated heterocycles. The van der Waals surface area contributed by atoms with Crippen LogP contribution >= 0.6 is 0 Å². The first kappa shape index (κ1) is 24.5. The summed E-state index contributed by atoms with van der Waals surface area (Å²) in [6.07, 6.45) is 0.801. The highest BCUT2D eigenvalue weighted by Crippen LogP contribution is 2.32. The highest BCUT2D eigenvalue weighted by Gasteiger charge is 2.36. The molecule has 0 unspecified atom stereocenters. The van der Waals surface area contributed by atoms with Crippen LogP contribution in [0.25, 0.3) is 0 Å². The molecule has 2 aromatic rings. The normalized spacial score (nSPS) is 18.6. The van der Waals surface area contributed by atoms with Gasteiger partial charge in [0.05, 0.1) is 0 Å². The van der Waals surface area contributed by atoms with E-state index in [2.05, 4.69) is 20.0 Å². The number of aryl methyl sites for hydroxylation is 1. The van der Waals surface area contributed by atoms with Crippen LogP contribution in [0, 0.1) is 6.92 Å². The van der Waals surface area contributed by atoms with Crippen LogP contribution in [0.3, 0.4) is 0 Å². The van der Waals surface area contributed by atoms with Gasteiger partial charge in [-0.15, -0.1) is 13.2 Å². The van der Waals surface area contributed by atoms with Crippen LogP contribution < -0.4 is 15.0 Å². The van der Waals surface area contributed by atoms with Gasteiger partial charge in [0, 0.05) is 44.0 Å². The Morgan fingerprint density at radius 1 is 1.03 bits per heavy atom. The monoisotopic (exact) mass is 499 g/mol. The van der Waals surface area contributed by atoms with Gasteiger partial charge < -0.3 is 15.0 Å². The number of sulfonamides is 1. The number of hydrogen-bond donors (Lipinski definition) is 1. The van der Waals surface area contributed by atoms with Gasteiger partial charge in [-0.05, 0) is 31.9 Å². The molecule has 2 aliphatic rings. The molecule has 0 bridgehead atoms. The Hall–Kier alpha value is -2.60. The zero-order valence-corrected chi connectivity index (χ0v) is 19.7. The Kier molecular flexibility index (Phi) is 7.17. The number of anilines is 2. The molecule has 0 spiro atoms. The van der Waals surface area contributed by atoms with Crippen LogP contribution in [0.2, 0.25) is 0 Å². The summed E-state index contributed by atoms with van der Waals surface area (Å²) in [5, 5.41) is 3.42. The molecule has 0 atom stereocenters. The van der Waals surface area contributed by atoms with E-state index in [1.54, 1.807) is 0 Å². The molecule has 4 rings (SSSR count). The summed E-state index contributed by atoms with van der Waals surface area (Å²) in [5.74, 6) is 0.529. The summed E-state index contributed by atoms with van der Waals surface area (Å²) in [7, 11) is -4.17. The third-order valence-electron chi connectivity index (χ3n) is 6.03. The minimum Gasteiger partial charge on any atom is -0.404 e. The zero-order valence-electron chi connectivity index (χ0n) is 18.9. The van der Waals surface area contributed by atoms with Crippen molar-refractivity contribution in [2.45, 2.75) is 56.3 Å². The number of para-hydroxylation sites is 1. The molecule has 12 heteroatoms. The van der Waals surface area contributed by atoms with E-state index in [0.717, 1.165) is 30.7 Å². The quantitative estimate of drug-likeness (QED) is 0.644. The lowest BCUT2D eigenvalue weighted by atomic mass is 9.96. The fourth-order valence-electron chi connectivity index (χ4n) is 4.38. The largest absolute Gasteiger partial charge is 0.573 e. The predicted octanol–water partition coefficient (Wildman–Crippen LogP) is 3.94. The van der Waals surface area contributed by atoms with E-state index in [-0.39, 0.29) is 13.1 Å². The molecule has 1 aromatic heterocycles. The lowest BCUT2D eigenvalue weighted by molar-refractivity contribution is -0.275. The lowest BCUT2D eigenvalue weighted by Gasteiger charge is -2.35. The Morgan fingerprint density at radius 2 is 1.71 bits per heavy atom. The molecular weight excluding hydrogens is 471 g/mol. The molecule has 2 fully saturated rings. The van der Waals surface area contributed by atoms with Crippen molar-refractivity contribution in [2.75, 3.05) is 36.4 Å². The maximum atomic E-state index is 13.1. The van der Waals surface area contributed by atoms with Crippen LogP contribution in [0.15, 0.2) is 35.2 Å². The minimum atomic E-state index is -4.99. The number of rotatable bonds is 6. The number of piperazine rings is 1. The molecule has 2 heterocycles. The number of hydrogen-bond acceptors (Lipinski definition) is 7. The SMILES string of the molecule is Cc1cc(N2CCN(S(=O)(=O)c3ccccc3OC(F)(F)F)CC2)nc(NC2CCCCC2)n1. The molecular formula is C22H28F3N5O3S. The fraction of sp³-hybridized carbons (Fsp3) is 0.545. The maximum Gasteiger partial charge on any atom is 0.573 e. The fourth-order valence-corrected chi connectivity index (χ4v) is 5.91. The number of halogens is 3. The molecule has 0 radical (unpaired) electrons. The number of nitrogens with zero attached hydrogens (tertiary/aromatic N) is 4. The molecule has 1 saturated carbocycles. The van der Waals surface area contributed by atoms with Crippen LogP contribution in [0.5, 0.6) is 5.75 Å². The summed E-state index contributed by atoms with van der Waals surface area (Å²) < 4.78 is 69.6. The first-order valence-corrected chi connectivity index (χ1v) is 12.8. The Bertz CT molecular complexity index is 1100. The van der Waals surface area contributed by atoms with Gasteiger partial charge in [0.25, 0.3) is 0 Å². The molecule has 1 aromatic carbocycles. The van der Waals surface area contributed by atoms with E-state index >= 15 is 0 Å². The van der Waals surface area contributed by atoms with Crippen molar-refractivity contribution in [2.24, 2.45) is 0 Å². The van der Waals surface area contributed by atoms with Gasteiger partial charge in [-0.1, -0.05) is 31.4 Å². The van der Waals surface area contributed by atoms with Crippen molar-refractivity contribution in [3.05, 3.63) is 36.0 Å². The number of benzene rings is 1. The van der Waals surface area contributed by atoms with Gasteiger partial charge in [-0.3, -0.25) is 0 Å². The molecule has 186 valence electrons. The first-order valence-electron chi connectivity index (χ1n) is 11.3. The Balaban J connectivity index is 1.45. The number of alkyl halides is 3. The van der Waals surface area contributed by atoms with E-state index in [1.165, 1.54) is 35.7 Å². The molecule has 0 amide bonds. The van der Waals surface area contributed by atoms with Crippen LogP contribution in [-0.2, 0) is 10.0 Å². The van der Waals surface area contributed by atoms with Crippen molar-refractivity contribution in [1.82, 2.24) is 14.3 Å². The van der Waals surface area contributed by atoms with Gasteiger partial charge in [0.15, 0.2) is 0 Å². The van der Waals surface area contributed by atoms with Crippen LogP contribution in [0.4, 0.5) is 24.9 Å². The Labute approximate surface area is 197 Å². The third-order valence-corrected chi connectivity index (χ3v) is 7.97. The van der Waals surface area contributed by atoms with Crippen molar-refractivity contribution in [3.8, 4) is 5.75 Å². The second-order valence-corrected chi connectivity index (χ2v) is 10.5.